The number of nitrogens with zero attached hydrogens (tertiary/aromatic N) is 2. The largest absolute Gasteiger partial charge is 0.339 e. The van der Waals surface area contributed by atoms with Gasteiger partial charge < -0.3 is 10.2 Å². The summed E-state index contributed by atoms with van der Waals surface area (Å²) in [4.78, 5) is 28.6. The van der Waals surface area contributed by atoms with Crippen LogP contribution >= 0.6 is 11.8 Å². The lowest BCUT2D eigenvalue weighted by Gasteiger charge is -2.32. The zero-order chi connectivity index (χ0) is 21.9. The molecule has 0 aliphatic carbocycles. The van der Waals surface area contributed by atoms with Gasteiger partial charge in [0.05, 0.1) is 17.1 Å². The summed E-state index contributed by atoms with van der Waals surface area (Å²) >= 11 is 1.75. The molecule has 0 radical (unpaired) electrons. The van der Waals surface area contributed by atoms with Crippen LogP contribution in [0.25, 0.3) is 11.3 Å². The number of hydrogen-bond donors (Lipinski definition) is 2. The Balaban J connectivity index is 1.31. The summed E-state index contributed by atoms with van der Waals surface area (Å²) in [6.07, 6.45) is 0.342. The van der Waals surface area contributed by atoms with Gasteiger partial charge in [-0.3, -0.25) is 9.59 Å². The van der Waals surface area contributed by atoms with Crippen molar-refractivity contribution in [3.63, 3.8) is 0 Å². The molecule has 0 saturated heterocycles. The molecule has 32 heavy (non-hydrogen) atoms. The second-order valence-electron chi connectivity index (χ2n) is 7.37. The highest BCUT2D eigenvalue weighted by Crippen LogP contribution is 2.47. The molecule has 3 aromatic carbocycles. The smallest absolute Gasteiger partial charge is 0.264 e. The molecule has 158 valence electrons. The van der Waals surface area contributed by atoms with E-state index in [0.717, 1.165) is 16.9 Å². The molecule has 7 heteroatoms. The van der Waals surface area contributed by atoms with Crippen LogP contribution in [0, 0.1) is 0 Å². The molecule has 6 nitrogen and oxygen atoms in total. The third-order valence-electron chi connectivity index (χ3n) is 5.22. The van der Waals surface area contributed by atoms with Crippen LogP contribution in [0.5, 0.6) is 0 Å². The molecular weight excluding hydrogens is 420 g/mol. The van der Waals surface area contributed by atoms with E-state index in [4.69, 9.17) is 0 Å². The number of amides is 1. The number of rotatable bonds is 5. The lowest BCUT2D eigenvalue weighted by atomic mass is 10.1. The zero-order valence-electron chi connectivity index (χ0n) is 17.1. The Bertz CT molecular complexity index is 1290. The number of benzene rings is 3. The van der Waals surface area contributed by atoms with Crippen LogP contribution in [0.4, 0.5) is 17.1 Å². The van der Waals surface area contributed by atoms with E-state index in [1.54, 1.807) is 17.8 Å². The fraction of sp³-hybridized carbons (Fsp3) is 0.0800. The molecule has 1 aliphatic heterocycles. The van der Waals surface area contributed by atoms with E-state index >= 15 is 0 Å². The van der Waals surface area contributed by atoms with Gasteiger partial charge in [-0.25, -0.2) is 5.10 Å². The first-order valence-corrected chi connectivity index (χ1v) is 11.1. The first-order chi connectivity index (χ1) is 15.7. The SMILES string of the molecule is O=C(CCN1c2ccccc2Sc2ccccc21)Nc1cccc(-c2ccc(=O)[nH]n2)c1. The predicted octanol–water partition coefficient (Wildman–Crippen LogP) is 5.07. The maximum Gasteiger partial charge on any atom is 0.264 e. The third-order valence-corrected chi connectivity index (χ3v) is 6.35. The quantitative estimate of drug-likeness (QED) is 0.453. The molecule has 0 spiro atoms. The summed E-state index contributed by atoms with van der Waals surface area (Å²) < 4.78 is 0. The predicted molar refractivity (Wildman–Crippen MR) is 128 cm³/mol. The second-order valence-corrected chi connectivity index (χ2v) is 8.46. The normalized spacial score (nSPS) is 12.1. The number of anilines is 3. The average Bonchev–Trinajstić information content (AvgIpc) is 2.82. The Morgan fingerprint density at radius 3 is 2.31 bits per heavy atom. The molecule has 1 aromatic heterocycles. The first kappa shape index (κ1) is 20.1. The number of H-pyrrole nitrogens is 1. The van der Waals surface area contributed by atoms with Gasteiger partial charge in [-0.1, -0.05) is 48.2 Å². The van der Waals surface area contributed by atoms with Crippen LogP contribution < -0.4 is 15.8 Å². The number of fused-ring (bicyclic) bond motifs is 2. The van der Waals surface area contributed by atoms with E-state index in [9.17, 15) is 9.59 Å². The molecule has 1 aliphatic rings. The van der Waals surface area contributed by atoms with Gasteiger partial charge in [-0.05, 0) is 42.5 Å². The highest BCUT2D eigenvalue weighted by atomic mass is 32.2. The van der Waals surface area contributed by atoms with Crippen molar-refractivity contribution in [1.82, 2.24) is 10.2 Å². The summed E-state index contributed by atoms with van der Waals surface area (Å²) in [7, 11) is 0. The van der Waals surface area contributed by atoms with Crippen molar-refractivity contribution >= 4 is 34.7 Å². The minimum atomic E-state index is -0.252. The number of carbonyl (C=O) groups is 1. The van der Waals surface area contributed by atoms with Crippen LogP contribution in [0.3, 0.4) is 0 Å². The summed E-state index contributed by atoms with van der Waals surface area (Å²) in [5, 5.41) is 9.46. The fourth-order valence-electron chi connectivity index (χ4n) is 3.72. The molecule has 4 aromatic rings. The topological polar surface area (TPSA) is 78.1 Å². The third kappa shape index (κ3) is 4.15. The van der Waals surface area contributed by atoms with Gasteiger partial charge in [0.15, 0.2) is 0 Å². The summed E-state index contributed by atoms with van der Waals surface area (Å²) in [6.45, 7) is 0.571. The van der Waals surface area contributed by atoms with E-state index in [1.165, 1.54) is 15.9 Å². The molecular formula is C25H20N4O2S. The maximum atomic E-state index is 12.8. The minimum absolute atomic E-state index is 0.0650. The Morgan fingerprint density at radius 1 is 0.906 bits per heavy atom. The molecule has 5 rings (SSSR count). The number of aromatic nitrogens is 2. The van der Waals surface area contributed by atoms with Crippen molar-refractivity contribution in [3.8, 4) is 11.3 Å². The van der Waals surface area contributed by atoms with Crippen LogP contribution in [-0.2, 0) is 4.79 Å². The van der Waals surface area contributed by atoms with Gasteiger partial charge in [0.1, 0.15) is 0 Å². The van der Waals surface area contributed by atoms with Crippen molar-refractivity contribution in [2.75, 3.05) is 16.8 Å². The van der Waals surface area contributed by atoms with E-state index in [-0.39, 0.29) is 11.5 Å². The molecule has 1 amide bonds. The standard InChI is InChI=1S/C25H20N4O2S/c30-24(26-18-7-5-6-17(16-18)19-12-13-25(31)28-27-19)14-15-29-20-8-1-3-10-22(20)32-23-11-4-2-9-21(23)29/h1-13,16H,14-15H2,(H,26,30)(H,28,31). The molecule has 0 bridgehead atoms. The van der Waals surface area contributed by atoms with Gasteiger partial charge in [0.25, 0.3) is 5.56 Å². The van der Waals surface area contributed by atoms with Crippen LogP contribution in [0.2, 0.25) is 0 Å². The summed E-state index contributed by atoms with van der Waals surface area (Å²) in [5.74, 6) is -0.0650. The van der Waals surface area contributed by atoms with Gasteiger partial charge >= 0.3 is 0 Å². The first-order valence-electron chi connectivity index (χ1n) is 10.3. The van der Waals surface area contributed by atoms with Crippen molar-refractivity contribution in [2.45, 2.75) is 16.2 Å². The Hall–Kier alpha value is -3.84. The van der Waals surface area contributed by atoms with Crippen molar-refractivity contribution < 1.29 is 4.79 Å². The fourth-order valence-corrected chi connectivity index (χ4v) is 4.82. The van der Waals surface area contributed by atoms with E-state index in [0.29, 0.717) is 24.3 Å². The number of nitrogens with one attached hydrogen (secondary N) is 2. The zero-order valence-corrected chi connectivity index (χ0v) is 17.9. The van der Waals surface area contributed by atoms with E-state index in [2.05, 4.69) is 44.7 Å². The van der Waals surface area contributed by atoms with Crippen LogP contribution in [0.1, 0.15) is 6.42 Å². The van der Waals surface area contributed by atoms with E-state index in [1.807, 2.05) is 48.5 Å². The van der Waals surface area contributed by atoms with Gasteiger partial charge in [0, 0.05) is 40.1 Å². The molecule has 0 fully saturated rings. The second kappa shape index (κ2) is 8.72. The van der Waals surface area contributed by atoms with Gasteiger partial charge in [-0.15, -0.1) is 0 Å². The highest BCUT2D eigenvalue weighted by molar-refractivity contribution is 7.99. The average molecular weight is 441 g/mol. The maximum absolute atomic E-state index is 12.8. The lowest BCUT2D eigenvalue weighted by Crippen LogP contribution is -2.25. The number of para-hydroxylation sites is 2. The number of aromatic amines is 1. The monoisotopic (exact) mass is 440 g/mol. The van der Waals surface area contributed by atoms with Crippen molar-refractivity contribution in [2.24, 2.45) is 0 Å². The number of carbonyl (C=O) groups excluding carboxylic acids is 1. The summed E-state index contributed by atoms with van der Waals surface area (Å²) in [6, 6.07) is 27.0. The molecule has 2 N–H and O–H groups in total. The molecule has 0 saturated carbocycles. The lowest BCUT2D eigenvalue weighted by molar-refractivity contribution is -0.116. The number of hydrogen-bond acceptors (Lipinski definition) is 5. The van der Waals surface area contributed by atoms with Crippen LogP contribution in [-0.4, -0.2) is 22.6 Å². The summed E-state index contributed by atoms with van der Waals surface area (Å²) in [5.41, 5.74) is 4.13. The Morgan fingerprint density at radius 2 is 1.62 bits per heavy atom. The van der Waals surface area contributed by atoms with Gasteiger partial charge in [-0.2, -0.15) is 5.10 Å². The Kier molecular flexibility index (Phi) is 5.47. The minimum Gasteiger partial charge on any atom is -0.339 e. The molecule has 2 heterocycles. The highest BCUT2D eigenvalue weighted by Gasteiger charge is 2.23. The van der Waals surface area contributed by atoms with E-state index < -0.39 is 0 Å². The van der Waals surface area contributed by atoms with Crippen molar-refractivity contribution in [3.05, 3.63) is 95.3 Å². The molecule has 0 atom stereocenters. The van der Waals surface area contributed by atoms with Gasteiger partial charge in [0.2, 0.25) is 5.91 Å². The van der Waals surface area contributed by atoms with Crippen LogP contribution in [0.15, 0.2) is 99.5 Å². The molecule has 0 unspecified atom stereocenters. The Labute approximate surface area is 189 Å². The van der Waals surface area contributed by atoms with Crippen molar-refractivity contribution in [1.29, 1.82) is 0 Å².